The number of methoxy groups -OCH3 is 1. The molecule has 0 fully saturated rings. The fraction of sp³-hybridized carbons (Fsp3) is 0.321. The molecule has 1 aliphatic carbocycles. The number of anilines is 1. The van der Waals surface area contributed by atoms with E-state index in [9.17, 15) is 23.1 Å². The van der Waals surface area contributed by atoms with Gasteiger partial charge in [0, 0.05) is 11.6 Å². The van der Waals surface area contributed by atoms with Crippen molar-refractivity contribution in [3.05, 3.63) is 71.9 Å². The van der Waals surface area contributed by atoms with E-state index in [0.717, 1.165) is 16.7 Å². The van der Waals surface area contributed by atoms with Crippen LogP contribution in [0.15, 0.2) is 60.7 Å². The lowest BCUT2D eigenvalue weighted by atomic mass is 9.81. The average Bonchev–Trinajstić information content (AvgIpc) is 2.90. The Labute approximate surface area is 230 Å². The number of aromatic nitrogens is 2. The van der Waals surface area contributed by atoms with Crippen LogP contribution in [0, 0.1) is 11.8 Å². The van der Waals surface area contributed by atoms with Gasteiger partial charge >= 0.3 is 12.1 Å². The van der Waals surface area contributed by atoms with E-state index in [2.05, 4.69) is 9.97 Å². The van der Waals surface area contributed by atoms with E-state index in [4.69, 9.17) is 15.2 Å². The Hall–Kier alpha value is -3.79. The molecular formula is C28H29ClF3N3O4. The van der Waals surface area contributed by atoms with Crippen molar-refractivity contribution >= 4 is 29.9 Å². The van der Waals surface area contributed by atoms with Crippen molar-refractivity contribution in [3.63, 3.8) is 0 Å². The van der Waals surface area contributed by atoms with Crippen molar-refractivity contribution in [1.82, 2.24) is 9.97 Å². The second-order valence-electron chi connectivity index (χ2n) is 9.23. The van der Waals surface area contributed by atoms with Gasteiger partial charge in [0.15, 0.2) is 0 Å². The number of rotatable bonds is 8. The summed E-state index contributed by atoms with van der Waals surface area (Å²) in [6.45, 7) is 1.67. The number of nitrogen functional groups attached to an aromatic ring is 1. The quantitative estimate of drug-likeness (QED) is 0.312. The number of nitrogens with two attached hydrogens (primary N) is 1. The fourth-order valence-corrected chi connectivity index (χ4v) is 4.51. The molecule has 0 aliphatic heterocycles. The van der Waals surface area contributed by atoms with Crippen LogP contribution in [-0.2, 0) is 4.79 Å². The zero-order chi connectivity index (χ0) is 27.4. The summed E-state index contributed by atoms with van der Waals surface area (Å²) in [6.07, 6.45) is -3.48. The number of halogens is 4. The van der Waals surface area contributed by atoms with Crippen molar-refractivity contribution in [3.8, 4) is 22.8 Å². The highest BCUT2D eigenvalue weighted by Gasteiger charge is 2.43. The Morgan fingerprint density at radius 3 is 2.41 bits per heavy atom. The Kier molecular flexibility index (Phi) is 9.45. The number of carbonyl (C=O) groups is 1. The van der Waals surface area contributed by atoms with Crippen molar-refractivity contribution in [2.24, 2.45) is 11.8 Å². The number of alkyl halides is 3. The lowest BCUT2D eigenvalue weighted by Gasteiger charge is -2.25. The molecule has 0 spiro atoms. The minimum Gasteiger partial charge on any atom is -0.497 e. The standard InChI is InChI=1S/C28H28F3N3O4.ClH/c1-16(26(35)36)17-6-10-19(11-7-17)23-15-24(34-27(32)33-23)38-25(28(29,30)31)20-12-8-18(9-13-20)21-4-3-5-22(14-21)37-2;/h3-5,8-10,12-17,25H,6-7,11H2,1-2H3,(H,35,36)(H2,32,33,34);1H/t16?,17?,25-;/m1./s1. The number of ether oxygens (including phenoxy) is 2. The van der Waals surface area contributed by atoms with Crippen molar-refractivity contribution < 1.29 is 32.5 Å². The summed E-state index contributed by atoms with van der Waals surface area (Å²) < 4.78 is 52.8. The molecule has 1 heterocycles. The number of hydrogen-bond acceptors (Lipinski definition) is 6. The maximum absolute atomic E-state index is 14.1. The molecule has 0 amide bonds. The molecule has 2 unspecified atom stereocenters. The Morgan fingerprint density at radius 2 is 1.82 bits per heavy atom. The van der Waals surface area contributed by atoms with Crippen LogP contribution in [0.1, 0.15) is 43.5 Å². The molecule has 1 aromatic heterocycles. The van der Waals surface area contributed by atoms with Gasteiger partial charge in [-0.3, -0.25) is 4.79 Å². The minimum atomic E-state index is -4.72. The Morgan fingerprint density at radius 1 is 1.10 bits per heavy atom. The van der Waals surface area contributed by atoms with Gasteiger partial charge in [-0.1, -0.05) is 49.4 Å². The molecule has 4 rings (SSSR count). The summed E-state index contributed by atoms with van der Waals surface area (Å²) >= 11 is 0. The summed E-state index contributed by atoms with van der Waals surface area (Å²) in [5, 5.41) is 9.26. The highest BCUT2D eigenvalue weighted by atomic mass is 35.5. The maximum Gasteiger partial charge on any atom is 0.429 e. The number of nitrogens with zero attached hydrogens (tertiary/aromatic N) is 2. The van der Waals surface area contributed by atoms with E-state index in [-0.39, 0.29) is 35.7 Å². The molecular weight excluding hydrogens is 535 g/mol. The number of carboxylic acid groups (broad SMARTS) is 1. The highest BCUT2D eigenvalue weighted by molar-refractivity contribution is 5.85. The van der Waals surface area contributed by atoms with Gasteiger partial charge in [-0.15, -0.1) is 12.4 Å². The van der Waals surface area contributed by atoms with Gasteiger partial charge in [0.05, 0.1) is 18.7 Å². The summed E-state index contributed by atoms with van der Waals surface area (Å²) in [6, 6.07) is 14.5. The first-order valence-corrected chi connectivity index (χ1v) is 12.1. The van der Waals surface area contributed by atoms with Gasteiger partial charge in [0.2, 0.25) is 17.9 Å². The smallest absolute Gasteiger partial charge is 0.429 e. The monoisotopic (exact) mass is 563 g/mol. The molecule has 208 valence electrons. The molecule has 1 aliphatic rings. The van der Waals surface area contributed by atoms with E-state index < -0.39 is 24.2 Å². The molecule has 0 saturated carbocycles. The van der Waals surface area contributed by atoms with Crippen LogP contribution in [0.25, 0.3) is 16.7 Å². The van der Waals surface area contributed by atoms with Gasteiger partial charge in [-0.05, 0) is 54.0 Å². The molecule has 3 atom stereocenters. The first-order valence-electron chi connectivity index (χ1n) is 12.1. The average molecular weight is 564 g/mol. The van der Waals surface area contributed by atoms with Crippen LogP contribution in [0.4, 0.5) is 19.1 Å². The van der Waals surface area contributed by atoms with Gasteiger partial charge in [-0.25, -0.2) is 4.98 Å². The first kappa shape index (κ1) is 29.8. The molecule has 3 aromatic rings. The molecule has 0 saturated heterocycles. The van der Waals surface area contributed by atoms with Crippen molar-refractivity contribution in [2.45, 2.75) is 38.5 Å². The van der Waals surface area contributed by atoms with E-state index in [0.29, 0.717) is 30.7 Å². The predicted molar refractivity (Wildman–Crippen MR) is 144 cm³/mol. The lowest BCUT2D eigenvalue weighted by molar-refractivity contribution is -0.198. The number of hydrogen-bond donors (Lipinski definition) is 2. The summed E-state index contributed by atoms with van der Waals surface area (Å²) in [7, 11) is 1.54. The zero-order valence-electron chi connectivity index (χ0n) is 21.3. The van der Waals surface area contributed by atoms with Gasteiger partial charge in [0.25, 0.3) is 0 Å². The van der Waals surface area contributed by atoms with Crippen LogP contribution < -0.4 is 15.2 Å². The number of aliphatic carboxylic acids is 1. The van der Waals surface area contributed by atoms with E-state index in [1.807, 2.05) is 12.1 Å². The number of carboxylic acids is 1. The van der Waals surface area contributed by atoms with Crippen LogP contribution in [0.2, 0.25) is 0 Å². The molecule has 7 nitrogen and oxygen atoms in total. The second-order valence-corrected chi connectivity index (χ2v) is 9.23. The summed E-state index contributed by atoms with van der Waals surface area (Å²) in [5.74, 6) is -1.25. The SMILES string of the molecule is COc1cccc(-c2ccc([C@@H](Oc3cc(C4=CCC(C(C)C(=O)O)CC4)nc(N)n3)C(F)(F)F)cc2)c1.Cl. The number of benzene rings is 2. The predicted octanol–water partition coefficient (Wildman–Crippen LogP) is 6.74. The molecule has 0 bridgehead atoms. The van der Waals surface area contributed by atoms with Crippen molar-refractivity contribution in [2.75, 3.05) is 12.8 Å². The van der Waals surface area contributed by atoms with Crippen LogP contribution >= 0.6 is 12.4 Å². The molecule has 39 heavy (non-hydrogen) atoms. The molecule has 3 N–H and O–H groups in total. The van der Waals surface area contributed by atoms with E-state index >= 15 is 0 Å². The highest BCUT2D eigenvalue weighted by Crippen LogP contribution is 2.39. The molecule has 2 aromatic carbocycles. The van der Waals surface area contributed by atoms with Crippen LogP contribution in [0.5, 0.6) is 11.6 Å². The molecule has 0 radical (unpaired) electrons. The normalized spacial score (nSPS) is 16.8. The van der Waals surface area contributed by atoms with Crippen LogP contribution in [-0.4, -0.2) is 34.3 Å². The topological polar surface area (TPSA) is 108 Å². The second kappa shape index (κ2) is 12.4. The van der Waals surface area contributed by atoms with Gasteiger partial charge in [-0.2, -0.15) is 18.2 Å². The lowest BCUT2D eigenvalue weighted by Crippen LogP contribution is -2.26. The summed E-state index contributed by atoms with van der Waals surface area (Å²) in [5.41, 5.74) is 8.38. The van der Waals surface area contributed by atoms with Gasteiger partial charge in [0.1, 0.15) is 5.75 Å². The third kappa shape index (κ3) is 7.20. The fourth-order valence-electron chi connectivity index (χ4n) is 4.51. The van der Waals surface area contributed by atoms with E-state index in [1.165, 1.54) is 18.2 Å². The van der Waals surface area contributed by atoms with Crippen molar-refractivity contribution in [1.29, 1.82) is 0 Å². The minimum absolute atomic E-state index is 0. The third-order valence-electron chi connectivity index (χ3n) is 6.75. The zero-order valence-corrected chi connectivity index (χ0v) is 22.1. The largest absolute Gasteiger partial charge is 0.497 e. The third-order valence-corrected chi connectivity index (χ3v) is 6.75. The number of allylic oxidation sites excluding steroid dienone is 2. The maximum atomic E-state index is 14.1. The van der Waals surface area contributed by atoms with Gasteiger partial charge < -0.3 is 20.3 Å². The first-order chi connectivity index (χ1) is 18.0. The van der Waals surface area contributed by atoms with Crippen LogP contribution in [0.3, 0.4) is 0 Å². The molecule has 11 heteroatoms. The Bertz CT molecular complexity index is 1330. The van der Waals surface area contributed by atoms with E-state index in [1.54, 1.807) is 44.4 Å². The Balaban J connectivity index is 0.00000420. The summed E-state index contributed by atoms with van der Waals surface area (Å²) in [4.78, 5) is 19.3.